The molecule has 0 radical (unpaired) electrons. The smallest absolute Gasteiger partial charge is 0.252 e. The largest absolute Gasteiger partial charge is 0.341 e. The van der Waals surface area contributed by atoms with Gasteiger partial charge in [0.1, 0.15) is 0 Å². The average molecular weight is 318 g/mol. The Hall–Kier alpha value is -1.49. The second-order valence-corrected chi connectivity index (χ2v) is 7.63. The van der Waals surface area contributed by atoms with Gasteiger partial charge in [-0.15, -0.1) is 0 Å². The summed E-state index contributed by atoms with van der Waals surface area (Å²) in [4.78, 5) is 30.4. The molecule has 22 heavy (non-hydrogen) atoms. The number of anilines is 1. The van der Waals surface area contributed by atoms with E-state index >= 15 is 0 Å². The second-order valence-electron chi connectivity index (χ2n) is 6.17. The van der Waals surface area contributed by atoms with Crippen molar-refractivity contribution in [3.8, 4) is 0 Å². The minimum absolute atomic E-state index is 0.0363. The lowest BCUT2D eigenvalue weighted by Gasteiger charge is -2.39. The summed E-state index contributed by atoms with van der Waals surface area (Å²) in [6.07, 6.45) is 4.41. The van der Waals surface area contributed by atoms with Crippen LogP contribution in [0.1, 0.15) is 32.6 Å². The second kappa shape index (κ2) is 5.95. The Labute approximate surface area is 135 Å². The van der Waals surface area contributed by atoms with Crippen molar-refractivity contribution < 1.29 is 9.59 Å². The summed E-state index contributed by atoms with van der Waals surface area (Å²) in [5, 5.41) is 0. The predicted molar refractivity (Wildman–Crippen MR) is 89.2 cm³/mol. The Balaban J connectivity index is 1.91. The molecule has 1 atom stereocenters. The number of hydrogen-bond donors (Lipinski definition) is 0. The molecule has 1 fully saturated rings. The lowest BCUT2D eigenvalue weighted by atomic mass is 10.1. The van der Waals surface area contributed by atoms with E-state index in [9.17, 15) is 9.59 Å². The van der Waals surface area contributed by atoms with E-state index in [0.29, 0.717) is 0 Å². The van der Waals surface area contributed by atoms with Gasteiger partial charge in [-0.2, -0.15) is 0 Å². The van der Waals surface area contributed by atoms with Crippen LogP contribution in [0.25, 0.3) is 0 Å². The Morgan fingerprint density at radius 3 is 2.45 bits per heavy atom. The minimum Gasteiger partial charge on any atom is -0.341 e. The summed E-state index contributed by atoms with van der Waals surface area (Å²) in [5.41, 5.74) is 0.888. The molecule has 0 aliphatic carbocycles. The molecule has 0 spiro atoms. The van der Waals surface area contributed by atoms with E-state index in [1.807, 2.05) is 29.2 Å². The van der Waals surface area contributed by atoms with Gasteiger partial charge in [0.05, 0.1) is 5.69 Å². The average Bonchev–Trinajstić information content (AvgIpc) is 2.81. The van der Waals surface area contributed by atoms with Gasteiger partial charge >= 0.3 is 0 Å². The van der Waals surface area contributed by atoms with Gasteiger partial charge in [0.15, 0.2) is 4.75 Å². The fraction of sp³-hybridized carbons (Fsp3) is 0.529. The lowest BCUT2D eigenvalue weighted by molar-refractivity contribution is -0.138. The highest BCUT2D eigenvalue weighted by atomic mass is 32.2. The molecule has 1 unspecified atom stereocenters. The molecule has 5 heteroatoms. The van der Waals surface area contributed by atoms with Gasteiger partial charge in [-0.1, -0.05) is 36.7 Å². The van der Waals surface area contributed by atoms with Crippen molar-refractivity contribution in [3.05, 3.63) is 24.3 Å². The van der Waals surface area contributed by atoms with Crippen molar-refractivity contribution in [1.82, 2.24) is 4.90 Å². The Bertz CT molecular complexity index is 596. The van der Waals surface area contributed by atoms with Crippen molar-refractivity contribution in [2.75, 3.05) is 25.0 Å². The molecule has 2 aliphatic rings. The van der Waals surface area contributed by atoms with Crippen molar-refractivity contribution in [3.63, 3.8) is 0 Å². The molecule has 1 saturated heterocycles. The summed E-state index contributed by atoms with van der Waals surface area (Å²) in [6, 6.07) is 7.78. The maximum absolute atomic E-state index is 13.1. The third-order valence-electron chi connectivity index (χ3n) is 4.55. The molecule has 0 N–H and O–H groups in total. The van der Waals surface area contributed by atoms with Crippen molar-refractivity contribution in [2.24, 2.45) is 0 Å². The van der Waals surface area contributed by atoms with E-state index < -0.39 is 4.75 Å². The summed E-state index contributed by atoms with van der Waals surface area (Å²) in [5.74, 6) is -0.156. The lowest BCUT2D eigenvalue weighted by Crippen LogP contribution is -2.56. The van der Waals surface area contributed by atoms with Crippen LogP contribution < -0.4 is 4.90 Å². The molecule has 1 aromatic carbocycles. The van der Waals surface area contributed by atoms with Crippen molar-refractivity contribution >= 4 is 29.3 Å². The number of thioether (sulfide) groups is 1. The number of amides is 2. The Kier molecular flexibility index (Phi) is 4.17. The van der Waals surface area contributed by atoms with Crippen molar-refractivity contribution in [2.45, 2.75) is 42.2 Å². The number of hydrogen-bond acceptors (Lipinski definition) is 3. The van der Waals surface area contributed by atoms with Gasteiger partial charge in [-0.3, -0.25) is 9.59 Å². The maximum atomic E-state index is 13.1. The van der Waals surface area contributed by atoms with Crippen LogP contribution in [0.4, 0.5) is 5.69 Å². The van der Waals surface area contributed by atoms with E-state index in [-0.39, 0.29) is 11.8 Å². The number of carbonyl (C=O) groups excluding carboxylic acids is 2. The minimum atomic E-state index is -1.05. The predicted octanol–water partition coefficient (Wildman–Crippen LogP) is 2.92. The van der Waals surface area contributed by atoms with Gasteiger partial charge in [-0.25, -0.2) is 0 Å². The third kappa shape index (κ3) is 2.51. The van der Waals surface area contributed by atoms with E-state index in [0.717, 1.165) is 36.5 Å². The molecule has 3 rings (SSSR count). The first-order valence-corrected chi connectivity index (χ1v) is 8.71. The van der Waals surface area contributed by atoms with Crippen LogP contribution in [0.2, 0.25) is 0 Å². The van der Waals surface area contributed by atoms with Crippen LogP contribution in [0.15, 0.2) is 29.2 Å². The number of benzene rings is 1. The Morgan fingerprint density at radius 1 is 1.14 bits per heavy atom. The highest BCUT2D eigenvalue weighted by Crippen LogP contribution is 2.45. The van der Waals surface area contributed by atoms with Crippen LogP contribution in [0.5, 0.6) is 0 Å². The normalized spacial score (nSPS) is 25.6. The van der Waals surface area contributed by atoms with E-state index in [4.69, 9.17) is 0 Å². The first-order valence-electron chi connectivity index (χ1n) is 7.89. The molecule has 4 nitrogen and oxygen atoms in total. The number of para-hydroxylation sites is 1. The third-order valence-corrected chi connectivity index (χ3v) is 5.88. The quantitative estimate of drug-likeness (QED) is 0.748. The number of carbonyl (C=O) groups is 2. The molecule has 2 amide bonds. The van der Waals surface area contributed by atoms with Crippen LogP contribution >= 0.6 is 11.8 Å². The van der Waals surface area contributed by atoms with Gasteiger partial charge in [-0.05, 0) is 31.9 Å². The molecule has 0 bridgehead atoms. The summed E-state index contributed by atoms with van der Waals surface area (Å²) >= 11 is 1.40. The molecule has 0 aromatic heterocycles. The molecule has 2 aliphatic heterocycles. The summed E-state index contributed by atoms with van der Waals surface area (Å²) < 4.78 is -1.05. The van der Waals surface area contributed by atoms with Gasteiger partial charge < -0.3 is 9.80 Å². The standard InChI is InChI=1S/C17H22N2O2S/c1-17(16(21)19-11-7-3-4-8-12-19)15(20)18(2)13-9-5-6-10-14(13)22-17/h5-6,9-10H,3-4,7-8,11-12H2,1-2H3. The van der Waals surface area contributed by atoms with Gasteiger partial charge in [0.25, 0.3) is 5.91 Å². The summed E-state index contributed by atoms with van der Waals surface area (Å²) in [7, 11) is 1.76. The molecular formula is C17H22N2O2S. The number of nitrogens with zero attached hydrogens (tertiary/aromatic N) is 2. The molecule has 2 heterocycles. The fourth-order valence-electron chi connectivity index (χ4n) is 3.22. The van der Waals surface area contributed by atoms with Crippen LogP contribution in [-0.2, 0) is 9.59 Å². The Morgan fingerprint density at radius 2 is 1.77 bits per heavy atom. The van der Waals surface area contributed by atoms with Crippen LogP contribution in [-0.4, -0.2) is 41.6 Å². The molecular weight excluding hydrogens is 296 g/mol. The van der Waals surface area contributed by atoms with Gasteiger partial charge in [0, 0.05) is 25.0 Å². The molecule has 1 aromatic rings. The first-order chi connectivity index (χ1) is 10.5. The zero-order valence-electron chi connectivity index (χ0n) is 13.2. The highest BCUT2D eigenvalue weighted by molar-refractivity contribution is 8.02. The zero-order valence-corrected chi connectivity index (χ0v) is 14.0. The topological polar surface area (TPSA) is 40.6 Å². The van der Waals surface area contributed by atoms with E-state index in [1.54, 1.807) is 18.9 Å². The number of rotatable bonds is 1. The summed E-state index contributed by atoms with van der Waals surface area (Å²) in [6.45, 7) is 3.32. The number of fused-ring (bicyclic) bond motifs is 1. The monoisotopic (exact) mass is 318 g/mol. The number of likely N-dealkylation sites (tertiary alicyclic amines) is 1. The first kappa shape index (κ1) is 15.4. The van der Waals surface area contributed by atoms with Crippen LogP contribution in [0, 0.1) is 0 Å². The van der Waals surface area contributed by atoms with Crippen molar-refractivity contribution in [1.29, 1.82) is 0 Å². The maximum Gasteiger partial charge on any atom is 0.252 e. The zero-order chi connectivity index (χ0) is 15.7. The molecule has 118 valence electrons. The van der Waals surface area contributed by atoms with Crippen LogP contribution in [0.3, 0.4) is 0 Å². The highest BCUT2D eigenvalue weighted by Gasteiger charge is 2.49. The van der Waals surface area contributed by atoms with Gasteiger partial charge in [0.2, 0.25) is 5.91 Å². The molecule has 0 saturated carbocycles. The van der Waals surface area contributed by atoms with E-state index in [1.165, 1.54) is 24.6 Å². The fourth-order valence-corrected chi connectivity index (χ4v) is 4.56. The van der Waals surface area contributed by atoms with E-state index in [2.05, 4.69) is 0 Å². The SMILES string of the molecule is CN1C(=O)C(C)(C(=O)N2CCCCCC2)Sc2ccccc21.